The van der Waals surface area contributed by atoms with E-state index in [0.29, 0.717) is 12.5 Å². The maximum absolute atomic E-state index is 11.8. The number of aliphatic carboxylic acids is 1. The highest BCUT2D eigenvalue weighted by atomic mass is 16.4. The Balaban J connectivity index is 2.37. The first-order valence-electron chi connectivity index (χ1n) is 5.52. The largest absolute Gasteiger partial charge is 0.481 e. The second-order valence-corrected chi connectivity index (χ2v) is 4.49. The van der Waals surface area contributed by atoms with Crippen LogP contribution in [0.25, 0.3) is 0 Å². The van der Waals surface area contributed by atoms with Crippen LogP contribution in [-0.2, 0) is 9.59 Å². The van der Waals surface area contributed by atoms with Gasteiger partial charge in [0.05, 0.1) is 0 Å². The van der Waals surface area contributed by atoms with Gasteiger partial charge in [0.1, 0.15) is 0 Å². The van der Waals surface area contributed by atoms with Crippen molar-refractivity contribution in [3.05, 3.63) is 0 Å². The second-order valence-electron chi connectivity index (χ2n) is 4.49. The van der Waals surface area contributed by atoms with Crippen LogP contribution in [0.5, 0.6) is 0 Å². The maximum atomic E-state index is 11.8. The number of nitrogens with zero attached hydrogens (tertiary/aromatic N) is 1. The number of amides is 1. The number of likely N-dealkylation sites (tertiary alicyclic amines) is 1. The topological polar surface area (TPSA) is 57.6 Å². The van der Waals surface area contributed by atoms with E-state index in [1.807, 2.05) is 18.7 Å². The predicted octanol–water partition coefficient (Wildman–Crippen LogP) is 1.50. The lowest BCUT2D eigenvalue weighted by atomic mass is 10.0. The molecular weight excluding hydrogens is 194 g/mol. The third-order valence-corrected chi connectivity index (χ3v) is 2.92. The summed E-state index contributed by atoms with van der Waals surface area (Å²) < 4.78 is 0. The Morgan fingerprint density at radius 3 is 2.60 bits per heavy atom. The molecule has 1 amide bonds. The van der Waals surface area contributed by atoms with Crippen molar-refractivity contribution >= 4 is 11.9 Å². The zero-order valence-corrected chi connectivity index (χ0v) is 9.40. The first kappa shape index (κ1) is 12.0. The zero-order valence-electron chi connectivity index (χ0n) is 9.40. The van der Waals surface area contributed by atoms with E-state index >= 15 is 0 Å². The van der Waals surface area contributed by atoms with Crippen LogP contribution in [0.4, 0.5) is 0 Å². The molecule has 0 aromatic heterocycles. The molecule has 0 aromatic rings. The van der Waals surface area contributed by atoms with Gasteiger partial charge in [-0.05, 0) is 25.7 Å². The van der Waals surface area contributed by atoms with Gasteiger partial charge in [0.15, 0.2) is 0 Å². The summed E-state index contributed by atoms with van der Waals surface area (Å²) in [4.78, 5) is 24.1. The molecule has 0 radical (unpaired) electrons. The summed E-state index contributed by atoms with van der Waals surface area (Å²) in [5.74, 6) is -0.790. The lowest BCUT2D eigenvalue weighted by molar-refractivity contribution is -0.138. The molecule has 1 aliphatic heterocycles. The molecule has 86 valence electrons. The summed E-state index contributed by atoms with van der Waals surface area (Å²) in [6.45, 7) is 4.69. The van der Waals surface area contributed by atoms with Crippen molar-refractivity contribution in [2.24, 2.45) is 5.92 Å². The molecule has 0 bridgehead atoms. The van der Waals surface area contributed by atoms with E-state index in [2.05, 4.69) is 0 Å². The Morgan fingerprint density at radius 1 is 1.47 bits per heavy atom. The molecule has 2 atom stereocenters. The Bertz CT molecular complexity index is 252. The van der Waals surface area contributed by atoms with Crippen molar-refractivity contribution < 1.29 is 14.7 Å². The molecule has 0 spiro atoms. The number of hydrogen-bond acceptors (Lipinski definition) is 2. The van der Waals surface area contributed by atoms with E-state index < -0.39 is 5.97 Å². The Morgan fingerprint density at radius 2 is 2.13 bits per heavy atom. The fraction of sp³-hybridized carbons (Fsp3) is 0.818. The van der Waals surface area contributed by atoms with Crippen molar-refractivity contribution in [1.29, 1.82) is 0 Å². The molecule has 1 fully saturated rings. The minimum absolute atomic E-state index is 0.0669. The molecule has 15 heavy (non-hydrogen) atoms. The van der Waals surface area contributed by atoms with Crippen molar-refractivity contribution in [2.45, 2.75) is 45.6 Å². The summed E-state index contributed by atoms with van der Waals surface area (Å²) in [5.41, 5.74) is 0. The van der Waals surface area contributed by atoms with Gasteiger partial charge in [0.2, 0.25) is 5.91 Å². The van der Waals surface area contributed by atoms with Crippen LogP contribution in [0.15, 0.2) is 0 Å². The molecule has 1 aliphatic rings. The molecule has 1 rings (SSSR count). The van der Waals surface area contributed by atoms with Gasteiger partial charge in [0.25, 0.3) is 0 Å². The molecule has 0 aliphatic carbocycles. The van der Waals surface area contributed by atoms with E-state index in [0.717, 1.165) is 19.4 Å². The Labute approximate surface area is 90.3 Å². The van der Waals surface area contributed by atoms with Gasteiger partial charge in [-0.25, -0.2) is 0 Å². The Kier molecular flexibility index (Phi) is 4.12. The van der Waals surface area contributed by atoms with Gasteiger partial charge in [-0.3, -0.25) is 9.59 Å². The molecule has 0 aromatic carbocycles. The van der Waals surface area contributed by atoms with E-state index in [-0.39, 0.29) is 18.2 Å². The van der Waals surface area contributed by atoms with Gasteiger partial charge in [-0.15, -0.1) is 0 Å². The van der Waals surface area contributed by atoms with Gasteiger partial charge < -0.3 is 10.0 Å². The smallest absolute Gasteiger partial charge is 0.303 e. The van der Waals surface area contributed by atoms with Crippen LogP contribution in [0.3, 0.4) is 0 Å². The molecule has 4 heteroatoms. The van der Waals surface area contributed by atoms with Gasteiger partial charge in [0, 0.05) is 25.4 Å². The number of carboxylic acids is 1. The summed E-state index contributed by atoms with van der Waals surface area (Å²) in [7, 11) is 0. The summed E-state index contributed by atoms with van der Waals surface area (Å²) in [6.07, 6.45) is 2.57. The monoisotopic (exact) mass is 213 g/mol. The second kappa shape index (κ2) is 5.14. The van der Waals surface area contributed by atoms with Gasteiger partial charge in [-0.2, -0.15) is 0 Å². The SMILES string of the molecule is CC(CC(=O)O)CC(=O)N1CCCC1C. The fourth-order valence-corrected chi connectivity index (χ4v) is 2.09. The molecule has 0 saturated carbocycles. The zero-order chi connectivity index (χ0) is 11.4. The normalized spacial score (nSPS) is 22.8. The van der Waals surface area contributed by atoms with Crippen molar-refractivity contribution in [1.82, 2.24) is 4.90 Å². The summed E-state index contributed by atoms with van der Waals surface area (Å²) in [6, 6.07) is 0.328. The lowest BCUT2D eigenvalue weighted by Gasteiger charge is -2.22. The highest BCUT2D eigenvalue weighted by Gasteiger charge is 2.26. The summed E-state index contributed by atoms with van der Waals surface area (Å²) in [5, 5.41) is 8.59. The van der Waals surface area contributed by atoms with Crippen LogP contribution in [-0.4, -0.2) is 34.5 Å². The van der Waals surface area contributed by atoms with E-state index in [1.165, 1.54) is 0 Å². The minimum atomic E-state index is -0.829. The average molecular weight is 213 g/mol. The number of carbonyl (C=O) groups is 2. The minimum Gasteiger partial charge on any atom is -0.481 e. The maximum Gasteiger partial charge on any atom is 0.303 e. The first-order chi connectivity index (χ1) is 7.00. The van der Waals surface area contributed by atoms with Crippen LogP contribution < -0.4 is 0 Å². The van der Waals surface area contributed by atoms with Crippen LogP contribution >= 0.6 is 0 Å². The Hall–Kier alpha value is -1.06. The third kappa shape index (κ3) is 3.53. The van der Waals surface area contributed by atoms with Gasteiger partial charge >= 0.3 is 5.97 Å². The summed E-state index contributed by atoms with van der Waals surface area (Å²) >= 11 is 0. The molecule has 1 heterocycles. The van der Waals surface area contributed by atoms with E-state index in [1.54, 1.807) is 0 Å². The molecule has 2 unspecified atom stereocenters. The van der Waals surface area contributed by atoms with Gasteiger partial charge in [-0.1, -0.05) is 6.92 Å². The van der Waals surface area contributed by atoms with E-state index in [4.69, 9.17) is 5.11 Å². The highest BCUT2D eigenvalue weighted by Crippen LogP contribution is 2.19. The first-order valence-corrected chi connectivity index (χ1v) is 5.52. The number of carbonyl (C=O) groups excluding carboxylic acids is 1. The quantitative estimate of drug-likeness (QED) is 0.769. The fourth-order valence-electron chi connectivity index (χ4n) is 2.09. The predicted molar refractivity (Wildman–Crippen MR) is 56.4 cm³/mol. The molecule has 4 nitrogen and oxygen atoms in total. The van der Waals surface area contributed by atoms with Crippen molar-refractivity contribution in [2.75, 3.05) is 6.54 Å². The van der Waals surface area contributed by atoms with Crippen molar-refractivity contribution in [3.8, 4) is 0 Å². The average Bonchev–Trinajstić information content (AvgIpc) is 2.49. The van der Waals surface area contributed by atoms with Crippen LogP contribution in [0, 0.1) is 5.92 Å². The van der Waals surface area contributed by atoms with Crippen molar-refractivity contribution in [3.63, 3.8) is 0 Å². The number of rotatable bonds is 4. The number of hydrogen-bond donors (Lipinski definition) is 1. The van der Waals surface area contributed by atoms with Crippen LogP contribution in [0.2, 0.25) is 0 Å². The standard InChI is InChI=1S/C11H19NO3/c1-8(7-11(14)15)6-10(13)12-5-3-4-9(12)2/h8-9H,3-7H2,1-2H3,(H,14,15). The van der Waals surface area contributed by atoms with Crippen LogP contribution in [0.1, 0.15) is 39.5 Å². The highest BCUT2D eigenvalue weighted by molar-refractivity contribution is 5.78. The molecule has 1 saturated heterocycles. The molecule has 1 N–H and O–H groups in total. The third-order valence-electron chi connectivity index (χ3n) is 2.92. The lowest BCUT2D eigenvalue weighted by Crippen LogP contribution is -2.34. The molecular formula is C11H19NO3. The van der Waals surface area contributed by atoms with E-state index in [9.17, 15) is 9.59 Å². The number of carboxylic acid groups (broad SMARTS) is 1.